The summed E-state index contributed by atoms with van der Waals surface area (Å²) in [6.45, 7) is 1.09. The first-order chi connectivity index (χ1) is 9.11. The van der Waals surface area contributed by atoms with Crippen LogP contribution in [0.4, 0.5) is 5.82 Å². The minimum Gasteiger partial charge on any atom is -0.481 e. The van der Waals surface area contributed by atoms with Gasteiger partial charge in [-0.15, -0.1) is 0 Å². The average Bonchev–Trinajstić information content (AvgIpc) is 2.46. The first-order valence-electron chi connectivity index (χ1n) is 6.00. The largest absolute Gasteiger partial charge is 0.481 e. The van der Waals surface area contributed by atoms with Gasteiger partial charge in [0.15, 0.2) is 5.69 Å². The van der Waals surface area contributed by atoms with Crippen molar-refractivity contribution in [1.82, 2.24) is 9.97 Å². The fourth-order valence-electron chi connectivity index (χ4n) is 2.10. The van der Waals surface area contributed by atoms with Gasteiger partial charge in [-0.2, -0.15) is 0 Å². The van der Waals surface area contributed by atoms with Gasteiger partial charge in [0.1, 0.15) is 5.82 Å². The average molecular weight is 265 g/mol. The number of ether oxygens (including phenoxy) is 1. The molecule has 1 unspecified atom stereocenters. The molecule has 1 fully saturated rings. The molecule has 0 spiro atoms. The lowest BCUT2D eigenvalue weighted by Crippen LogP contribution is -2.39. The predicted octanol–water partition coefficient (Wildman–Crippen LogP) is 0.564. The fourth-order valence-corrected chi connectivity index (χ4v) is 2.10. The van der Waals surface area contributed by atoms with E-state index in [2.05, 4.69) is 14.7 Å². The topological polar surface area (TPSA) is 92.6 Å². The van der Waals surface area contributed by atoms with E-state index >= 15 is 0 Å². The molecule has 7 nitrogen and oxygen atoms in total. The number of rotatable bonds is 3. The van der Waals surface area contributed by atoms with E-state index in [-0.39, 0.29) is 5.69 Å². The number of anilines is 1. The Bertz CT molecular complexity index is 492. The quantitative estimate of drug-likeness (QED) is 0.798. The number of methoxy groups -OCH3 is 1. The van der Waals surface area contributed by atoms with Gasteiger partial charge in [0, 0.05) is 13.1 Å². The number of carboxylic acids is 1. The van der Waals surface area contributed by atoms with Gasteiger partial charge in [0.05, 0.1) is 25.4 Å². The summed E-state index contributed by atoms with van der Waals surface area (Å²) >= 11 is 0. The molecule has 1 aliphatic rings. The van der Waals surface area contributed by atoms with Crippen LogP contribution in [0.15, 0.2) is 12.4 Å². The first-order valence-corrected chi connectivity index (χ1v) is 6.00. The Labute approximate surface area is 110 Å². The number of aliphatic carboxylic acids is 1. The van der Waals surface area contributed by atoms with E-state index in [9.17, 15) is 9.59 Å². The van der Waals surface area contributed by atoms with Crippen LogP contribution in [0.1, 0.15) is 23.3 Å². The molecule has 1 aromatic heterocycles. The zero-order chi connectivity index (χ0) is 13.8. The van der Waals surface area contributed by atoms with Crippen molar-refractivity contribution < 1.29 is 19.4 Å². The van der Waals surface area contributed by atoms with Crippen molar-refractivity contribution in [1.29, 1.82) is 0 Å². The predicted molar refractivity (Wildman–Crippen MR) is 65.9 cm³/mol. The highest BCUT2D eigenvalue weighted by Gasteiger charge is 2.26. The standard InChI is InChI=1S/C12H15N3O4/c1-19-12(18)9-5-13-6-10(14-9)15-4-2-3-8(7-15)11(16)17/h5-6,8H,2-4,7H2,1H3,(H,16,17). The van der Waals surface area contributed by atoms with Crippen LogP contribution in [0, 0.1) is 5.92 Å². The Morgan fingerprint density at radius 2 is 2.26 bits per heavy atom. The highest BCUT2D eigenvalue weighted by Crippen LogP contribution is 2.21. The van der Waals surface area contributed by atoms with Crippen LogP contribution in [0.2, 0.25) is 0 Å². The van der Waals surface area contributed by atoms with Gasteiger partial charge in [-0.05, 0) is 12.8 Å². The number of hydrogen-bond donors (Lipinski definition) is 1. The Hall–Kier alpha value is -2.18. The Balaban J connectivity index is 2.17. The van der Waals surface area contributed by atoms with Crippen LogP contribution in [-0.2, 0) is 9.53 Å². The number of nitrogens with zero attached hydrogens (tertiary/aromatic N) is 3. The number of hydrogen-bond acceptors (Lipinski definition) is 6. The molecule has 7 heteroatoms. The van der Waals surface area contributed by atoms with Crippen LogP contribution < -0.4 is 4.90 Å². The second-order valence-corrected chi connectivity index (χ2v) is 4.38. The summed E-state index contributed by atoms with van der Waals surface area (Å²) < 4.78 is 4.58. The normalized spacial score (nSPS) is 19.0. The molecule has 1 aliphatic heterocycles. The molecule has 0 aliphatic carbocycles. The number of carboxylic acid groups (broad SMARTS) is 1. The minimum absolute atomic E-state index is 0.123. The van der Waals surface area contributed by atoms with Crippen molar-refractivity contribution in [2.75, 3.05) is 25.1 Å². The number of carbonyl (C=O) groups excluding carboxylic acids is 1. The van der Waals surface area contributed by atoms with Crippen molar-refractivity contribution in [2.24, 2.45) is 5.92 Å². The van der Waals surface area contributed by atoms with E-state index in [1.54, 1.807) is 0 Å². The van der Waals surface area contributed by atoms with Crippen molar-refractivity contribution in [3.63, 3.8) is 0 Å². The molecule has 0 saturated carbocycles. The Morgan fingerprint density at radius 1 is 1.47 bits per heavy atom. The van der Waals surface area contributed by atoms with Crippen molar-refractivity contribution in [3.8, 4) is 0 Å². The number of carbonyl (C=O) groups is 2. The number of esters is 1. The molecule has 1 saturated heterocycles. The summed E-state index contributed by atoms with van der Waals surface area (Å²) in [6.07, 6.45) is 4.29. The summed E-state index contributed by atoms with van der Waals surface area (Å²) in [4.78, 5) is 32.3. The third-order valence-electron chi connectivity index (χ3n) is 3.11. The van der Waals surface area contributed by atoms with Crippen LogP contribution in [-0.4, -0.2) is 47.2 Å². The minimum atomic E-state index is -0.804. The molecule has 102 valence electrons. The Kier molecular flexibility index (Phi) is 3.94. The lowest BCUT2D eigenvalue weighted by molar-refractivity contribution is -0.141. The third kappa shape index (κ3) is 2.98. The number of piperidine rings is 1. The lowest BCUT2D eigenvalue weighted by Gasteiger charge is -2.31. The maximum absolute atomic E-state index is 11.4. The number of aromatic nitrogens is 2. The molecule has 0 amide bonds. The van der Waals surface area contributed by atoms with E-state index in [0.29, 0.717) is 25.3 Å². The smallest absolute Gasteiger partial charge is 0.358 e. The maximum atomic E-state index is 11.4. The van der Waals surface area contributed by atoms with Crippen LogP contribution >= 0.6 is 0 Å². The zero-order valence-corrected chi connectivity index (χ0v) is 10.6. The highest BCUT2D eigenvalue weighted by atomic mass is 16.5. The molecule has 2 heterocycles. The van der Waals surface area contributed by atoms with Gasteiger partial charge in [0.25, 0.3) is 0 Å². The van der Waals surface area contributed by atoms with Gasteiger partial charge in [-0.25, -0.2) is 9.78 Å². The molecule has 2 rings (SSSR count). The highest BCUT2D eigenvalue weighted by molar-refractivity contribution is 5.87. The van der Waals surface area contributed by atoms with Gasteiger partial charge in [0.2, 0.25) is 0 Å². The fraction of sp³-hybridized carbons (Fsp3) is 0.500. The summed E-state index contributed by atoms with van der Waals surface area (Å²) in [7, 11) is 1.28. The molecule has 19 heavy (non-hydrogen) atoms. The summed E-state index contributed by atoms with van der Waals surface area (Å²) in [5, 5.41) is 9.05. The van der Waals surface area contributed by atoms with Crippen LogP contribution in [0.25, 0.3) is 0 Å². The first kappa shape index (κ1) is 13.3. The molecule has 0 bridgehead atoms. The molecule has 0 aromatic carbocycles. The zero-order valence-electron chi connectivity index (χ0n) is 10.6. The molecular formula is C12H15N3O4. The molecule has 0 radical (unpaired) electrons. The molecule has 1 N–H and O–H groups in total. The molecular weight excluding hydrogens is 250 g/mol. The lowest BCUT2D eigenvalue weighted by atomic mass is 9.98. The second kappa shape index (κ2) is 5.64. The van der Waals surface area contributed by atoms with E-state index in [0.717, 1.165) is 6.42 Å². The maximum Gasteiger partial charge on any atom is 0.358 e. The van der Waals surface area contributed by atoms with Gasteiger partial charge in [-0.3, -0.25) is 9.78 Å². The van der Waals surface area contributed by atoms with E-state index in [4.69, 9.17) is 5.11 Å². The van der Waals surface area contributed by atoms with Crippen LogP contribution in [0.5, 0.6) is 0 Å². The van der Waals surface area contributed by atoms with Crippen molar-refractivity contribution >= 4 is 17.8 Å². The molecule has 1 atom stereocenters. The van der Waals surface area contributed by atoms with Gasteiger partial charge in [-0.1, -0.05) is 0 Å². The van der Waals surface area contributed by atoms with E-state index in [1.165, 1.54) is 19.5 Å². The third-order valence-corrected chi connectivity index (χ3v) is 3.11. The SMILES string of the molecule is COC(=O)c1cncc(N2CCCC(C(=O)O)C2)n1. The van der Waals surface area contributed by atoms with Crippen molar-refractivity contribution in [2.45, 2.75) is 12.8 Å². The van der Waals surface area contributed by atoms with E-state index in [1.807, 2.05) is 4.90 Å². The van der Waals surface area contributed by atoms with Gasteiger partial charge >= 0.3 is 11.9 Å². The summed E-state index contributed by atoms with van der Waals surface area (Å²) in [6, 6.07) is 0. The monoisotopic (exact) mass is 265 g/mol. The van der Waals surface area contributed by atoms with Crippen molar-refractivity contribution in [3.05, 3.63) is 18.1 Å². The summed E-state index contributed by atoms with van der Waals surface area (Å²) in [5.41, 5.74) is 0.123. The van der Waals surface area contributed by atoms with Gasteiger partial charge < -0.3 is 14.7 Å². The summed E-state index contributed by atoms with van der Waals surface area (Å²) in [5.74, 6) is -1.26. The van der Waals surface area contributed by atoms with Crippen LogP contribution in [0.3, 0.4) is 0 Å². The molecule has 1 aromatic rings. The Morgan fingerprint density at radius 3 is 2.95 bits per heavy atom. The van der Waals surface area contributed by atoms with E-state index < -0.39 is 17.9 Å². The second-order valence-electron chi connectivity index (χ2n) is 4.38.